The van der Waals surface area contributed by atoms with Gasteiger partial charge in [0.2, 0.25) is 0 Å². The maximum atomic E-state index is 13.6. The highest BCUT2D eigenvalue weighted by molar-refractivity contribution is 5.28. The molecule has 2 aromatic rings. The van der Waals surface area contributed by atoms with Gasteiger partial charge in [-0.1, -0.05) is 63.2 Å². The molecular formula is C19H23FO. The van der Waals surface area contributed by atoms with Gasteiger partial charge < -0.3 is 5.11 Å². The van der Waals surface area contributed by atoms with E-state index in [1.807, 2.05) is 12.1 Å². The Labute approximate surface area is 126 Å². The van der Waals surface area contributed by atoms with Gasteiger partial charge in [-0.05, 0) is 34.6 Å². The van der Waals surface area contributed by atoms with Gasteiger partial charge in [0.05, 0.1) is 6.10 Å². The summed E-state index contributed by atoms with van der Waals surface area (Å²) in [6.45, 7) is 6.53. The lowest BCUT2D eigenvalue weighted by molar-refractivity contribution is 0.174. The summed E-state index contributed by atoms with van der Waals surface area (Å²) in [4.78, 5) is 0. The Hall–Kier alpha value is -1.67. The molecular weight excluding hydrogens is 263 g/mol. The summed E-state index contributed by atoms with van der Waals surface area (Å²) < 4.78 is 13.6. The number of halogens is 1. The minimum absolute atomic E-state index is 0.129. The quantitative estimate of drug-likeness (QED) is 0.890. The smallest absolute Gasteiger partial charge is 0.126 e. The van der Waals surface area contributed by atoms with Crippen LogP contribution in [0.4, 0.5) is 4.39 Å². The molecule has 0 fully saturated rings. The third kappa shape index (κ3) is 4.40. The summed E-state index contributed by atoms with van der Waals surface area (Å²) in [5, 5.41) is 10.1. The number of rotatable bonds is 4. The summed E-state index contributed by atoms with van der Waals surface area (Å²) in [5.74, 6) is -0.250. The molecule has 0 saturated carbocycles. The van der Waals surface area contributed by atoms with Gasteiger partial charge in [0, 0.05) is 6.42 Å². The van der Waals surface area contributed by atoms with Crippen molar-refractivity contribution in [3.05, 3.63) is 71.0 Å². The molecule has 0 heterocycles. The molecule has 0 amide bonds. The predicted molar refractivity (Wildman–Crippen MR) is 85.0 cm³/mol. The summed E-state index contributed by atoms with van der Waals surface area (Å²) in [5.41, 5.74) is 3.04. The minimum atomic E-state index is -0.567. The predicted octanol–water partition coefficient (Wildman–Crippen LogP) is 4.27. The summed E-state index contributed by atoms with van der Waals surface area (Å²) >= 11 is 0. The van der Waals surface area contributed by atoms with E-state index in [0.29, 0.717) is 18.4 Å². The third-order valence-corrected chi connectivity index (χ3v) is 3.70. The van der Waals surface area contributed by atoms with E-state index in [9.17, 15) is 9.50 Å². The van der Waals surface area contributed by atoms with Crippen molar-refractivity contribution in [1.82, 2.24) is 0 Å². The lowest BCUT2D eigenvalue weighted by Gasteiger charge is -2.19. The fraction of sp³-hybridized carbons (Fsp3) is 0.368. The number of aliphatic hydroxyl groups excluding tert-OH is 1. The summed E-state index contributed by atoms with van der Waals surface area (Å²) in [6.07, 6.45) is 0.314. The number of hydrogen-bond acceptors (Lipinski definition) is 1. The number of benzene rings is 2. The molecule has 0 saturated heterocycles. The van der Waals surface area contributed by atoms with Crippen molar-refractivity contribution in [2.75, 3.05) is 0 Å². The van der Waals surface area contributed by atoms with Gasteiger partial charge in [-0.3, -0.25) is 0 Å². The van der Waals surface area contributed by atoms with Crippen molar-refractivity contribution in [2.24, 2.45) is 0 Å². The zero-order valence-corrected chi connectivity index (χ0v) is 12.9. The first-order valence-corrected chi connectivity index (χ1v) is 7.37. The highest BCUT2D eigenvalue weighted by atomic mass is 19.1. The van der Waals surface area contributed by atoms with Gasteiger partial charge in [-0.2, -0.15) is 0 Å². The molecule has 0 aliphatic rings. The van der Waals surface area contributed by atoms with E-state index in [4.69, 9.17) is 0 Å². The fourth-order valence-corrected chi connectivity index (χ4v) is 2.40. The lowest BCUT2D eigenvalue weighted by Crippen LogP contribution is -2.15. The maximum absolute atomic E-state index is 13.6. The molecule has 21 heavy (non-hydrogen) atoms. The molecule has 0 bridgehead atoms. The van der Waals surface area contributed by atoms with Gasteiger partial charge in [-0.15, -0.1) is 0 Å². The Balaban J connectivity index is 2.00. The molecule has 0 spiro atoms. The fourth-order valence-electron chi connectivity index (χ4n) is 2.40. The van der Waals surface area contributed by atoms with E-state index in [1.165, 1.54) is 11.6 Å². The van der Waals surface area contributed by atoms with Crippen LogP contribution in [0, 0.1) is 5.82 Å². The topological polar surface area (TPSA) is 20.2 Å². The third-order valence-electron chi connectivity index (χ3n) is 3.70. The van der Waals surface area contributed by atoms with Crippen LogP contribution >= 0.6 is 0 Å². The SMILES string of the molecule is CC(C)(C)c1ccc(CC(O)Cc2ccccc2F)cc1. The second kappa shape index (κ2) is 6.40. The van der Waals surface area contributed by atoms with E-state index in [-0.39, 0.29) is 11.2 Å². The minimum Gasteiger partial charge on any atom is -0.392 e. The molecule has 0 radical (unpaired) electrons. The Bertz CT molecular complexity index is 581. The largest absolute Gasteiger partial charge is 0.392 e. The van der Waals surface area contributed by atoms with Gasteiger partial charge in [0.25, 0.3) is 0 Å². The molecule has 1 nitrogen and oxygen atoms in total. The van der Waals surface area contributed by atoms with Crippen LogP contribution in [-0.2, 0) is 18.3 Å². The summed E-state index contributed by atoms with van der Waals surface area (Å²) in [7, 11) is 0. The highest BCUT2D eigenvalue weighted by Gasteiger charge is 2.14. The molecule has 0 aromatic heterocycles. The highest BCUT2D eigenvalue weighted by Crippen LogP contribution is 2.22. The molecule has 112 valence electrons. The Morgan fingerprint density at radius 1 is 0.952 bits per heavy atom. The van der Waals surface area contributed by atoms with Crippen LogP contribution in [0.2, 0.25) is 0 Å². The van der Waals surface area contributed by atoms with Crippen molar-refractivity contribution in [3.8, 4) is 0 Å². The van der Waals surface area contributed by atoms with Crippen molar-refractivity contribution < 1.29 is 9.50 Å². The molecule has 1 unspecified atom stereocenters. The molecule has 0 aliphatic heterocycles. The van der Waals surface area contributed by atoms with Gasteiger partial charge in [-0.25, -0.2) is 4.39 Å². The molecule has 1 atom stereocenters. The lowest BCUT2D eigenvalue weighted by atomic mass is 9.86. The molecule has 2 heteroatoms. The van der Waals surface area contributed by atoms with Crippen molar-refractivity contribution in [1.29, 1.82) is 0 Å². The monoisotopic (exact) mass is 286 g/mol. The first kappa shape index (κ1) is 15.7. The zero-order valence-electron chi connectivity index (χ0n) is 12.9. The molecule has 2 aromatic carbocycles. The molecule has 1 N–H and O–H groups in total. The van der Waals surface area contributed by atoms with Crippen molar-refractivity contribution >= 4 is 0 Å². The second-order valence-corrected chi connectivity index (χ2v) is 6.60. The first-order valence-electron chi connectivity index (χ1n) is 7.37. The summed E-state index contributed by atoms with van der Waals surface area (Å²) in [6, 6.07) is 14.9. The van der Waals surface area contributed by atoms with E-state index < -0.39 is 6.10 Å². The van der Waals surface area contributed by atoms with E-state index in [2.05, 4.69) is 32.9 Å². The van der Waals surface area contributed by atoms with Gasteiger partial charge in [0.15, 0.2) is 0 Å². The normalized spacial score (nSPS) is 13.2. The second-order valence-electron chi connectivity index (χ2n) is 6.60. The molecule has 0 aliphatic carbocycles. The van der Waals surface area contributed by atoms with Crippen LogP contribution in [0.15, 0.2) is 48.5 Å². The Morgan fingerprint density at radius 2 is 1.57 bits per heavy atom. The van der Waals surface area contributed by atoms with Gasteiger partial charge in [0.1, 0.15) is 5.82 Å². The van der Waals surface area contributed by atoms with E-state index in [1.54, 1.807) is 18.2 Å². The standard InChI is InChI=1S/C19H23FO/c1-19(2,3)16-10-8-14(9-11-16)12-17(21)13-15-6-4-5-7-18(15)20/h4-11,17,21H,12-13H2,1-3H3. The van der Waals surface area contributed by atoms with Gasteiger partial charge >= 0.3 is 0 Å². The van der Waals surface area contributed by atoms with Crippen LogP contribution in [0.3, 0.4) is 0 Å². The van der Waals surface area contributed by atoms with E-state index in [0.717, 1.165) is 5.56 Å². The first-order chi connectivity index (χ1) is 9.86. The van der Waals surface area contributed by atoms with Crippen LogP contribution < -0.4 is 0 Å². The molecule has 2 rings (SSSR count). The maximum Gasteiger partial charge on any atom is 0.126 e. The van der Waals surface area contributed by atoms with Crippen LogP contribution in [0.1, 0.15) is 37.5 Å². The van der Waals surface area contributed by atoms with Crippen molar-refractivity contribution in [2.45, 2.75) is 45.1 Å². The zero-order chi connectivity index (χ0) is 15.5. The number of aliphatic hydroxyl groups is 1. The Morgan fingerprint density at radius 3 is 2.14 bits per heavy atom. The average molecular weight is 286 g/mol. The van der Waals surface area contributed by atoms with Crippen molar-refractivity contribution in [3.63, 3.8) is 0 Å². The van der Waals surface area contributed by atoms with Crippen LogP contribution in [0.25, 0.3) is 0 Å². The van der Waals surface area contributed by atoms with Crippen LogP contribution in [-0.4, -0.2) is 11.2 Å². The van der Waals surface area contributed by atoms with E-state index >= 15 is 0 Å². The average Bonchev–Trinajstić information content (AvgIpc) is 2.41. The number of hydrogen-bond donors (Lipinski definition) is 1. The Kier molecular flexibility index (Phi) is 4.79. The van der Waals surface area contributed by atoms with Crippen LogP contribution in [0.5, 0.6) is 0 Å².